The summed E-state index contributed by atoms with van der Waals surface area (Å²) in [6.07, 6.45) is -0.0997. The number of benzene rings is 2. The predicted molar refractivity (Wildman–Crippen MR) is 150 cm³/mol. The Morgan fingerprint density at radius 1 is 0.923 bits per heavy atom. The summed E-state index contributed by atoms with van der Waals surface area (Å²) in [5, 5.41) is 3.35. The van der Waals surface area contributed by atoms with Crippen molar-refractivity contribution in [2.45, 2.75) is 39.7 Å². The van der Waals surface area contributed by atoms with Crippen molar-refractivity contribution in [3.05, 3.63) is 59.8 Å². The highest BCUT2D eigenvalue weighted by Gasteiger charge is 2.25. The molecule has 3 rings (SSSR count). The molecule has 10 heteroatoms. The number of amides is 2. The largest absolute Gasteiger partial charge is 0.466 e. The van der Waals surface area contributed by atoms with Crippen LogP contribution in [0.1, 0.15) is 43.7 Å². The number of esters is 2. The van der Waals surface area contributed by atoms with E-state index in [0.29, 0.717) is 16.8 Å². The zero-order chi connectivity index (χ0) is 28.7. The molecule has 0 aliphatic heterocycles. The monoisotopic (exact) mass is 536 g/mol. The second kappa shape index (κ2) is 12.5. The first-order valence-electron chi connectivity index (χ1n) is 12.7. The van der Waals surface area contributed by atoms with Gasteiger partial charge in [-0.25, -0.2) is 0 Å². The van der Waals surface area contributed by atoms with Crippen LogP contribution in [0.25, 0.3) is 10.9 Å². The first kappa shape index (κ1) is 29.2. The van der Waals surface area contributed by atoms with Gasteiger partial charge in [-0.2, -0.15) is 0 Å². The third-order valence-corrected chi connectivity index (χ3v) is 5.75. The molecule has 39 heavy (non-hydrogen) atoms. The molecule has 0 aliphatic carbocycles. The number of rotatable bonds is 10. The van der Waals surface area contributed by atoms with Gasteiger partial charge in [0.15, 0.2) is 0 Å². The summed E-state index contributed by atoms with van der Waals surface area (Å²) in [5.41, 5.74) is 2.02. The van der Waals surface area contributed by atoms with Gasteiger partial charge in [0.05, 0.1) is 19.6 Å². The van der Waals surface area contributed by atoms with Crippen LogP contribution in [-0.2, 0) is 30.3 Å². The molecule has 2 amide bonds. The van der Waals surface area contributed by atoms with Crippen molar-refractivity contribution in [3.8, 4) is 0 Å². The van der Waals surface area contributed by atoms with E-state index in [1.54, 1.807) is 45.9 Å². The number of anilines is 2. The number of aromatic amines is 1. The maximum atomic E-state index is 13.3. The lowest BCUT2D eigenvalue weighted by atomic mass is 10.1. The van der Waals surface area contributed by atoms with E-state index in [1.807, 2.05) is 49.3 Å². The Labute approximate surface area is 228 Å². The first-order valence-corrected chi connectivity index (χ1v) is 12.7. The maximum Gasteiger partial charge on any atom is 0.326 e. The van der Waals surface area contributed by atoms with Crippen molar-refractivity contribution in [2.24, 2.45) is 0 Å². The van der Waals surface area contributed by atoms with Crippen molar-refractivity contribution < 1.29 is 28.7 Å². The van der Waals surface area contributed by atoms with Gasteiger partial charge in [-0.15, -0.1) is 0 Å². The normalized spacial score (nSPS) is 11.1. The summed E-state index contributed by atoms with van der Waals surface area (Å²) in [5.74, 6) is -2.10. The van der Waals surface area contributed by atoms with E-state index in [-0.39, 0.29) is 31.8 Å². The Hall–Kier alpha value is -4.34. The quantitative estimate of drug-likeness (QED) is 0.381. The standard InChI is InChI=1S/C29H36N4O6/c1-7-38-25(35)16-22-21-10-8-9-11-23(21)31-27(22)28(37)30-17-24(34)33(18-26(36)39-29(2,3)4)20-14-12-19(13-15-20)32(5)6/h8-15,31H,7,16-18H2,1-6H3,(H,30,37). The van der Waals surface area contributed by atoms with Gasteiger partial charge < -0.3 is 24.7 Å². The Bertz CT molecular complexity index is 1340. The molecular weight excluding hydrogens is 500 g/mol. The van der Waals surface area contributed by atoms with Gasteiger partial charge >= 0.3 is 11.9 Å². The molecule has 0 spiro atoms. The topological polar surface area (TPSA) is 121 Å². The van der Waals surface area contributed by atoms with Gasteiger partial charge in [-0.1, -0.05) is 18.2 Å². The van der Waals surface area contributed by atoms with Gasteiger partial charge in [-0.05, 0) is 58.0 Å². The summed E-state index contributed by atoms with van der Waals surface area (Å²) in [6.45, 7) is 6.47. The van der Waals surface area contributed by atoms with Crippen molar-refractivity contribution in [1.29, 1.82) is 0 Å². The van der Waals surface area contributed by atoms with Crippen LogP contribution in [0.4, 0.5) is 11.4 Å². The highest BCUT2D eigenvalue weighted by Crippen LogP contribution is 2.24. The minimum atomic E-state index is -0.722. The van der Waals surface area contributed by atoms with E-state index >= 15 is 0 Å². The van der Waals surface area contributed by atoms with Crippen LogP contribution in [0.3, 0.4) is 0 Å². The van der Waals surface area contributed by atoms with E-state index in [0.717, 1.165) is 11.1 Å². The molecule has 208 valence electrons. The SMILES string of the molecule is CCOC(=O)Cc1c(C(=O)NCC(=O)N(CC(=O)OC(C)(C)C)c2ccc(N(C)C)cc2)[nH]c2ccccc12. The lowest BCUT2D eigenvalue weighted by Crippen LogP contribution is -2.44. The molecule has 0 saturated heterocycles. The van der Waals surface area contributed by atoms with Crippen LogP contribution in [-0.4, -0.2) is 68.1 Å². The number of nitrogens with zero attached hydrogens (tertiary/aromatic N) is 2. The highest BCUT2D eigenvalue weighted by molar-refractivity contribution is 6.05. The fourth-order valence-electron chi connectivity index (χ4n) is 4.03. The van der Waals surface area contributed by atoms with E-state index in [4.69, 9.17) is 9.47 Å². The molecule has 3 aromatic rings. The van der Waals surface area contributed by atoms with Crippen molar-refractivity contribution >= 4 is 46.0 Å². The predicted octanol–water partition coefficient (Wildman–Crippen LogP) is 3.44. The molecule has 1 aromatic heterocycles. The van der Waals surface area contributed by atoms with Crippen LogP contribution >= 0.6 is 0 Å². The average molecular weight is 537 g/mol. The third kappa shape index (κ3) is 7.83. The number of hydrogen-bond acceptors (Lipinski definition) is 7. The Kier molecular flexibility index (Phi) is 9.34. The summed E-state index contributed by atoms with van der Waals surface area (Å²) in [7, 11) is 3.79. The Morgan fingerprint density at radius 2 is 1.56 bits per heavy atom. The van der Waals surface area contributed by atoms with Crippen LogP contribution < -0.4 is 15.1 Å². The molecule has 0 fully saturated rings. The second-order valence-electron chi connectivity index (χ2n) is 10.2. The van der Waals surface area contributed by atoms with Crippen LogP contribution in [0, 0.1) is 0 Å². The number of H-pyrrole nitrogens is 1. The molecule has 2 aromatic carbocycles. The van der Waals surface area contributed by atoms with Crippen molar-refractivity contribution in [1.82, 2.24) is 10.3 Å². The van der Waals surface area contributed by atoms with E-state index in [2.05, 4.69) is 10.3 Å². The number of aromatic nitrogens is 1. The minimum absolute atomic E-state index is 0.0997. The molecule has 0 saturated carbocycles. The number of hydrogen-bond donors (Lipinski definition) is 2. The Balaban J connectivity index is 1.82. The third-order valence-electron chi connectivity index (χ3n) is 5.75. The van der Waals surface area contributed by atoms with Crippen molar-refractivity contribution in [3.63, 3.8) is 0 Å². The number of carbonyl (C=O) groups is 4. The summed E-state index contributed by atoms with van der Waals surface area (Å²) in [6, 6.07) is 14.3. The molecule has 0 aliphatic rings. The summed E-state index contributed by atoms with van der Waals surface area (Å²) < 4.78 is 10.5. The van der Waals surface area contributed by atoms with Crippen LogP contribution in [0.2, 0.25) is 0 Å². The zero-order valence-corrected chi connectivity index (χ0v) is 23.3. The highest BCUT2D eigenvalue weighted by atomic mass is 16.6. The van der Waals surface area contributed by atoms with Crippen LogP contribution in [0.5, 0.6) is 0 Å². The fraction of sp³-hybridized carbons (Fsp3) is 0.379. The Morgan fingerprint density at radius 3 is 2.18 bits per heavy atom. The molecule has 0 unspecified atom stereocenters. The number of nitrogens with one attached hydrogen (secondary N) is 2. The molecule has 1 heterocycles. The minimum Gasteiger partial charge on any atom is -0.466 e. The number of para-hydroxylation sites is 1. The molecule has 2 N–H and O–H groups in total. The lowest BCUT2D eigenvalue weighted by Gasteiger charge is -2.26. The molecule has 0 bridgehead atoms. The van der Waals surface area contributed by atoms with Gasteiger partial charge in [0.2, 0.25) is 5.91 Å². The zero-order valence-electron chi connectivity index (χ0n) is 23.3. The smallest absolute Gasteiger partial charge is 0.326 e. The van der Waals surface area contributed by atoms with E-state index in [1.165, 1.54) is 4.90 Å². The lowest BCUT2D eigenvalue weighted by molar-refractivity contribution is -0.153. The van der Waals surface area contributed by atoms with Gasteiger partial charge in [0, 0.05) is 41.9 Å². The molecule has 0 radical (unpaired) electrons. The van der Waals surface area contributed by atoms with Crippen molar-refractivity contribution in [2.75, 3.05) is 43.6 Å². The van der Waals surface area contributed by atoms with Gasteiger partial charge in [0.1, 0.15) is 17.8 Å². The molecule has 0 atom stereocenters. The maximum absolute atomic E-state index is 13.3. The van der Waals surface area contributed by atoms with Crippen LogP contribution in [0.15, 0.2) is 48.5 Å². The van der Waals surface area contributed by atoms with Gasteiger partial charge in [-0.3, -0.25) is 24.1 Å². The molecule has 10 nitrogen and oxygen atoms in total. The first-order chi connectivity index (χ1) is 18.4. The fourth-order valence-corrected chi connectivity index (χ4v) is 4.03. The summed E-state index contributed by atoms with van der Waals surface area (Å²) in [4.78, 5) is 57.6. The van der Waals surface area contributed by atoms with E-state index in [9.17, 15) is 19.2 Å². The van der Waals surface area contributed by atoms with E-state index < -0.39 is 29.4 Å². The number of carbonyl (C=O) groups excluding carboxylic acids is 4. The second-order valence-corrected chi connectivity index (χ2v) is 10.2. The average Bonchev–Trinajstić information content (AvgIpc) is 3.23. The molecular formula is C29H36N4O6. The van der Waals surface area contributed by atoms with Gasteiger partial charge in [0.25, 0.3) is 5.91 Å². The summed E-state index contributed by atoms with van der Waals surface area (Å²) >= 11 is 0. The number of ether oxygens (including phenoxy) is 2. The number of fused-ring (bicyclic) bond motifs is 1.